The summed E-state index contributed by atoms with van der Waals surface area (Å²) in [5, 5.41) is 3.58. The Labute approximate surface area is 119 Å². The molecule has 0 spiro atoms. The first-order valence-electron chi connectivity index (χ1n) is 5.58. The van der Waals surface area contributed by atoms with E-state index in [4.69, 9.17) is 0 Å². The Kier molecular flexibility index (Phi) is 9.18. The molecule has 16 heavy (non-hydrogen) atoms. The molecule has 2 rings (SSSR count). The van der Waals surface area contributed by atoms with Gasteiger partial charge >= 0.3 is 0 Å². The van der Waals surface area contributed by atoms with E-state index in [9.17, 15) is 0 Å². The molecule has 1 N–H and O–H groups in total. The number of hydrogen-bond donors (Lipinski definition) is 1. The summed E-state index contributed by atoms with van der Waals surface area (Å²) in [7, 11) is 0. The Balaban J connectivity index is 0.00000112. The lowest BCUT2D eigenvalue weighted by Crippen LogP contribution is -2.30. The minimum absolute atomic E-state index is 0. The van der Waals surface area contributed by atoms with E-state index in [0.717, 1.165) is 18.3 Å². The van der Waals surface area contributed by atoms with E-state index in [1.165, 1.54) is 32.1 Å². The first-order chi connectivity index (χ1) is 6.95. The van der Waals surface area contributed by atoms with Crippen molar-refractivity contribution in [3.8, 4) is 0 Å². The molecule has 0 aromatic carbocycles. The summed E-state index contributed by atoms with van der Waals surface area (Å²) >= 11 is 0. The topological polar surface area (TPSA) is 24.9 Å². The molecule has 0 unspecified atom stereocenters. The fourth-order valence-electron chi connectivity index (χ4n) is 2.06. The van der Waals surface area contributed by atoms with Gasteiger partial charge in [-0.05, 0) is 25.0 Å². The number of nitrogens with one attached hydrogen (secondary N) is 1. The molecule has 1 saturated carbocycles. The molecule has 0 saturated heterocycles. The van der Waals surface area contributed by atoms with Gasteiger partial charge in [0.2, 0.25) is 0 Å². The third-order valence-electron chi connectivity index (χ3n) is 2.90. The minimum Gasteiger partial charge on any atom is -0.308 e. The van der Waals surface area contributed by atoms with E-state index in [2.05, 4.69) is 16.4 Å². The van der Waals surface area contributed by atoms with Crippen LogP contribution >= 0.6 is 34.0 Å². The molecule has 0 aliphatic heterocycles. The maximum Gasteiger partial charge on any atom is 0.0541 e. The lowest BCUT2D eigenvalue weighted by Gasteiger charge is -2.22. The Bertz CT molecular complexity index is 261. The van der Waals surface area contributed by atoms with Crippen LogP contribution in [0.4, 0.5) is 0 Å². The van der Waals surface area contributed by atoms with E-state index in [0.29, 0.717) is 0 Å². The van der Waals surface area contributed by atoms with E-state index in [1.807, 2.05) is 18.3 Å². The van der Waals surface area contributed by atoms with Crippen LogP contribution < -0.4 is 5.32 Å². The molecule has 0 atom stereocenters. The SMILES string of the molecule is Br.Br.c1ccc(CNC2CCCCC2)nc1. The number of nitrogens with zero attached hydrogens (tertiary/aromatic N) is 1. The van der Waals surface area contributed by atoms with Crippen molar-refractivity contribution >= 4 is 34.0 Å². The Morgan fingerprint density at radius 3 is 2.50 bits per heavy atom. The van der Waals surface area contributed by atoms with Crippen LogP contribution in [0.2, 0.25) is 0 Å². The molecule has 1 fully saturated rings. The molecule has 0 radical (unpaired) electrons. The second-order valence-corrected chi connectivity index (χ2v) is 4.04. The van der Waals surface area contributed by atoms with Crippen molar-refractivity contribution in [2.45, 2.75) is 44.7 Å². The van der Waals surface area contributed by atoms with Crippen LogP contribution in [0.25, 0.3) is 0 Å². The molecule has 92 valence electrons. The van der Waals surface area contributed by atoms with Gasteiger partial charge in [0.25, 0.3) is 0 Å². The standard InChI is InChI=1S/C12H18N2.2BrH/c1-2-6-11(7-3-1)14-10-12-8-4-5-9-13-12;;/h4-5,8-9,11,14H,1-3,6-7,10H2;2*1H. The smallest absolute Gasteiger partial charge is 0.0541 e. The molecule has 1 aromatic rings. The highest BCUT2D eigenvalue weighted by atomic mass is 79.9. The first kappa shape index (κ1) is 16.1. The lowest BCUT2D eigenvalue weighted by atomic mass is 9.95. The molecular weight excluding hydrogens is 332 g/mol. The van der Waals surface area contributed by atoms with Crippen LogP contribution in [0.5, 0.6) is 0 Å². The second kappa shape index (κ2) is 9.14. The lowest BCUT2D eigenvalue weighted by molar-refractivity contribution is 0.371. The number of rotatable bonds is 3. The Morgan fingerprint density at radius 1 is 1.12 bits per heavy atom. The van der Waals surface area contributed by atoms with Crippen LogP contribution in [0.1, 0.15) is 37.8 Å². The van der Waals surface area contributed by atoms with Gasteiger partial charge in [0.1, 0.15) is 0 Å². The van der Waals surface area contributed by atoms with Crippen LogP contribution in [0.3, 0.4) is 0 Å². The van der Waals surface area contributed by atoms with E-state index in [-0.39, 0.29) is 34.0 Å². The van der Waals surface area contributed by atoms with Crippen molar-refractivity contribution in [1.29, 1.82) is 0 Å². The van der Waals surface area contributed by atoms with Crippen LogP contribution in [0.15, 0.2) is 24.4 Å². The molecule has 0 bridgehead atoms. The molecule has 4 heteroatoms. The van der Waals surface area contributed by atoms with Crippen molar-refractivity contribution in [2.75, 3.05) is 0 Å². The number of halogens is 2. The maximum atomic E-state index is 4.30. The molecule has 1 aromatic heterocycles. The van der Waals surface area contributed by atoms with E-state index >= 15 is 0 Å². The zero-order valence-corrected chi connectivity index (χ0v) is 12.8. The molecule has 1 aliphatic carbocycles. The summed E-state index contributed by atoms with van der Waals surface area (Å²) < 4.78 is 0. The summed E-state index contributed by atoms with van der Waals surface area (Å²) in [5.74, 6) is 0. The average molecular weight is 352 g/mol. The third-order valence-corrected chi connectivity index (χ3v) is 2.90. The fraction of sp³-hybridized carbons (Fsp3) is 0.583. The van der Waals surface area contributed by atoms with Gasteiger partial charge in [-0.1, -0.05) is 25.3 Å². The summed E-state index contributed by atoms with van der Waals surface area (Å²) in [6, 6.07) is 6.82. The van der Waals surface area contributed by atoms with Crippen LogP contribution in [-0.2, 0) is 6.54 Å². The normalized spacial score (nSPS) is 16.0. The van der Waals surface area contributed by atoms with Crippen LogP contribution in [0, 0.1) is 0 Å². The average Bonchev–Trinajstić information content (AvgIpc) is 2.29. The van der Waals surface area contributed by atoms with E-state index < -0.39 is 0 Å². The second-order valence-electron chi connectivity index (χ2n) is 4.04. The Hall–Kier alpha value is 0.0700. The monoisotopic (exact) mass is 350 g/mol. The minimum atomic E-state index is 0. The molecule has 0 amide bonds. The molecule has 2 nitrogen and oxygen atoms in total. The molecule has 1 heterocycles. The van der Waals surface area contributed by atoms with Gasteiger partial charge in [0.05, 0.1) is 5.69 Å². The summed E-state index contributed by atoms with van der Waals surface area (Å²) in [5.41, 5.74) is 1.15. The van der Waals surface area contributed by atoms with Crippen molar-refractivity contribution in [1.82, 2.24) is 10.3 Å². The van der Waals surface area contributed by atoms with E-state index in [1.54, 1.807) is 0 Å². The zero-order valence-electron chi connectivity index (χ0n) is 9.39. The highest BCUT2D eigenvalue weighted by Crippen LogP contribution is 2.17. The van der Waals surface area contributed by atoms with Gasteiger partial charge in [-0.15, -0.1) is 34.0 Å². The van der Waals surface area contributed by atoms with Crippen molar-refractivity contribution in [3.63, 3.8) is 0 Å². The fourth-order valence-corrected chi connectivity index (χ4v) is 2.06. The van der Waals surface area contributed by atoms with Gasteiger partial charge in [0, 0.05) is 18.8 Å². The van der Waals surface area contributed by atoms with Gasteiger partial charge < -0.3 is 5.32 Å². The van der Waals surface area contributed by atoms with Crippen molar-refractivity contribution < 1.29 is 0 Å². The predicted molar refractivity (Wildman–Crippen MR) is 78.6 cm³/mol. The maximum absolute atomic E-state index is 4.30. The largest absolute Gasteiger partial charge is 0.308 e. The highest BCUT2D eigenvalue weighted by Gasteiger charge is 2.12. The molecular formula is C12H20Br2N2. The summed E-state index contributed by atoms with van der Waals surface area (Å²) in [6.07, 6.45) is 8.74. The van der Waals surface area contributed by atoms with Crippen molar-refractivity contribution in [3.05, 3.63) is 30.1 Å². The van der Waals surface area contributed by atoms with Gasteiger partial charge in [0.15, 0.2) is 0 Å². The Morgan fingerprint density at radius 2 is 1.88 bits per heavy atom. The zero-order chi connectivity index (χ0) is 9.64. The van der Waals surface area contributed by atoms with Crippen LogP contribution in [-0.4, -0.2) is 11.0 Å². The highest BCUT2D eigenvalue weighted by molar-refractivity contribution is 8.93. The number of aromatic nitrogens is 1. The summed E-state index contributed by atoms with van der Waals surface area (Å²) in [4.78, 5) is 4.30. The first-order valence-corrected chi connectivity index (χ1v) is 5.58. The van der Waals surface area contributed by atoms with Crippen molar-refractivity contribution in [2.24, 2.45) is 0 Å². The number of pyridine rings is 1. The van der Waals surface area contributed by atoms with Gasteiger partial charge in [-0.25, -0.2) is 0 Å². The summed E-state index contributed by atoms with van der Waals surface area (Å²) in [6.45, 7) is 0.922. The quantitative estimate of drug-likeness (QED) is 0.898. The number of hydrogen-bond acceptors (Lipinski definition) is 2. The predicted octanol–water partition coefficient (Wildman–Crippen LogP) is 3.66. The third kappa shape index (κ3) is 5.41. The van der Waals surface area contributed by atoms with Gasteiger partial charge in [-0.3, -0.25) is 4.98 Å². The van der Waals surface area contributed by atoms with Gasteiger partial charge in [-0.2, -0.15) is 0 Å². The molecule has 1 aliphatic rings.